The van der Waals surface area contributed by atoms with Gasteiger partial charge in [0.1, 0.15) is 4.88 Å². The Balaban J connectivity index is 1.73. The molecule has 0 atom stereocenters. The minimum atomic E-state index is -0.0666. The van der Waals surface area contributed by atoms with Gasteiger partial charge in [0.15, 0.2) is 0 Å². The van der Waals surface area contributed by atoms with Crippen LogP contribution in [-0.2, 0) is 0 Å². The summed E-state index contributed by atoms with van der Waals surface area (Å²) in [6.45, 7) is 0.744. The Hall–Kier alpha value is -0.910. The molecular formula is C15H17ClN2OS2. The normalized spacial score (nSPS) is 16.2. The molecule has 3 rings (SSSR count). The molecule has 21 heavy (non-hydrogen) atoms. The van der Waals surface area contributed by atoms with Gasteiger partial charge in [0.25, 0.3) is 5.91 Å². The maximum Gasteiger partial charge on any atom is 0.263 e. The summed E-state index contributed by atoms with van der Waals surface area (Å²) in [4.78, 5) is 12.9. The number of amides is 1. The number of rotatable bonds is 3. The molecule has 2 heterocycles. The third-order valence-corrected chi connectivity index (χ3v) is 6.24. The van der Waals surface area contributed by atoms with Gasteiger partial charge in [-0.05, 0) is 48.5 Å². The maximum atomic E-state index is 12.3. The number of fused-ring (bicyclic) bond motifs is 1. The summed E-state index contributed by atoms with van der Waals surface area (Å²) in [5.74, 6) is 2.93. The molecule has 0 saturated carbocycles. The van der Waals surface area contributed by atoms with Gasteiger partial charge in [-0.1, -0.05) is 11.6 Å². The van der Waals surface area contributed by atoms with E-state index in [2.05, 4.69) is 5.32 Å². The molecule has 0 aliphatic carbocycles. The predicted octanol–water partition coefficient (Wildman–Crippen LogP) is 4.01. The van der Waals surface area contributed by atoms with Crippen molar-refractivity contribution in [1.82, 2.24) is 5.32 Å². The fraction of sp³-hybridized carbons (Fsp3) is 0.400. The van der Waals surface area contributed by atoms with E-state index in [1.54, 1.807) is 6.07 Å². The average Bonchev–Trinajstić information content (AvgIpc) is 2.82. The second kappa shape index (κ2) is 6.46. The number of nitrogens with two attached hydrogens (primary N) is 1. The molecule has 3 nitrogen and oxygen atoms in total. The number of benzene rings is 1. The molecule has 0 spiro atoms. The van der Waals surface area contributed by atoms with Gasteiger partial charge in [0.2, 0.25) is 0 Å². The number of nitrogen functional groups attached to an aromatic ring is 1. The number of halogens is 1. The highest BCUT2D eigenvalue weighted by Gasteiger charge is 2.19. The van der Waals surface area contributed by atoms with Crippen molar-refractivity contribution in [2.24, 2.45) is 5.92 Å². The summed E-state index contributed by atoms with van der Waals surface area (Å²) in [6.07, 6.45) is 2.37. The van der Waals surface area contributed by atoms with Crippen molar-refractivity contribution in [1.29, 1.82) is 0 Å². The Bertz CT molecular complexity index is 665. The monoisotopic (exact) mass is 340 g/mol. The van der Waals surface area contributed by atoms with E-state index in [-0.39, 0.29) is 5.91 Å². The molecule has 112 valence electrons. The van der Waals surface area contributed by atoms with Crippen molar-refractivity contribution in [3.05, 3.63) is 28.1 Å². The first-order valence-corrected chi connectivity index (χ1v) is 9.33. The van der Waals surface area contributed by atoms with Crippen LogP contribution in [0.4, 0.5) is 5.69 Å². The number of hydrogen-bond acceptors (Lipinski definition) is 4. The van der Waals surface area contributed by atoms with Crippen molar-refractivity contribution in [3.8, 4) is 0 Å². The van der Waals surface area contributed by atoms with Crippen molar-refractivity contribution < 1.29 is 4.79 Å². The highest BCUT2D eigenvalue weighted by atomic mass is 35.5. The largest absolute Gasteiger partial charge is 0.397 e. The van der Waals surface area contributed by atoms with Crippen LogP contribution in [0.1, 0.15) is 22.5 Å². The summed E-state index contributed by atoms with van der Waals surface area (Å²) in [6, 6.07) is 5.53. The first-order chi connectivity index (χ1) is 10.1. The van der Waals surface area contributed by atoms with Crippen LogP contribution in [0.15, 0.2) is 18.2 Å². The van der Waals surface area contributed by atoms with Gasteiger partial charge in [-0.15, -0.1) is 11.3 Å². The van der Waals surface area contributed by atoms with E-state index >= 15 is 0 Å². The second-order valence-electron chi connectivity index (χ2n) is 5.25. The van der Waals surface area contributed by atoms with E-state index in [0.717, 1.165) is 16.6 Å². The minimum Gasteiger partial charge on any atom is -0.397 e. The number of carbonyl (C=O) groups is 1. The van der Waals surface area contributed by atoms with Crippen molar-refractivity contribution in [2.75, 3.05) is 23.8 Å². The summed E-state index contributed by atoms with van der Waals surface area (Å²) in [7, 11) is 0. The van der Waals surface area contributed by atoms with Crippen LogP contribution in [0, 0.1) is 5.92 Å². The van der Waals surface area contributed by atoms with Gasteiger partial charge in [-0.25, -0.2) is 0 Å². The number of nitrogens with one attached hydrogen (secondary N) is 1. The Morgan fingerprint density at radius 2 is 2.14 bits per heavy atom. The lowest BCUT2D eigenvalue weighted by Gasteiger charge is -2.21. The minimum absolute atomic E-state index is 0.0666. The Labute approximate surface area is 137 Å². The lowest BCUT2D eigenvalue weighted by Crippen LogP contribution is -2.30. The Morgan fingerprint density at radius 3 is 2.90 bits per heavy atom. The van der Waals surface area contributed by atoms with E-state index in [4.69, 9.17) is 17.3 Å². The molecular weight excluding hydrogens is 324 g/mol. The predicted molar refractivity (Wildman–Crippen MR) is 93.6 cm³/mol. The summed E-state index contributed by atoms with van der Waals surface area (Å²) < 4.78 is 0.958. The number of hydrogen-bond donors (Lipinski definition) is 2. The number of carbonyl (C=O) groups excluding carboxylic acids is 1. The molecule has 1 aromatic carbocycles. The number of thiophene rings is 1. The van der Waals surface area contributed by atoms with E-state index in [1.807, 2.05) is 23.9 Å². The van der Waals surface area contributed by atoms with Gasteiger partial charge in [-0.3, -0.25) is 4.79 Å². The van der Waals surface area contributed by atoms with Crippen LogP contribution in [0.25, 0.3) is 10.1 Å². The van der Waals surface area contributed by atoms with Gasteiger partial charge in [0, 0.05) is 21.7 Å². The van der Waals surface area contributed by atoms with Crippen molar-refractivity contribution in [3.63, 3.8) is 0 Å². The molecule has 0 radical (unpaired) electrons. The van der Waals surface area contributed by atoms with E-state index in [1.165, 1.54) is 35.7 Å². The molecule has 2 aromatic rings. The third kappa shape index (κ3) is 3.30. The fourth-order valence-corrected chi connectivity index (χ4v) is 5.05. The van der Waals surface area contributed by atoms with Gasteiger partial charge >= 0.3 is 0 Å². The highest BCUT2D eigenvalue weighted by molar-refractivity contribution is 7.99. The summed E-state index contributed by atoms with van der Waals surface area (Å²) >= 11 is 9.39. The maximum absolute atomic E-state index is 12.3. The van der Waals surface area contributed by atoms with Crippen LogP contribution in [0.3, 0.4) is 0 Å². The molecule has 1 fully saturated rings. The zero-order valence-electron chi connectivity index (χ0n) is 11.5. The SMILES string of the molecule is Nc1c(C(=O)NCC2CCSCC2)sc2cc(Cl)ccc12. The fourth-order valence-electron chi connectivity index (χ4n) is 2.53. The molecule has 3 N–H and O–H groups in total. The van der Waals surface area contributed by atoms with Gasteiger partial charge in [0.05, 0.1) is 5.69 Å². The molecule has 1 aliphatic rings. The Morgan fingerprint density at radius 1 is 1.38 bits per heavy atom. The lowest BCUT2D eigenvalue weighted by molar-refractivity contribution is 0.0951. The average molecular weight is 341 g/mol. The zero-order valence-corrected chi connectivity index (χ0v) is 13.9. The second-order valence-corrected chi connectivity index (χ2v) is 7.96. The summed E-state index contributed by atoms with van der Waals surface area (Å²) in [5.41, 5.74) is 6.66. The van der Waals surface area contributed by atoms with Crippen LogP contribution >= 0.6 is 34.7 Å². The molecule has 1 saturated heterocycles. The molecule has 0 unspecified atom stereocenters. The van der Waals surface area contributed by atoms with Crippen LogP contribution in [-0.4, -0.2) is 24.0 Å². The Kier molecular flexibility index (Phi) is 4.62. The molecule has 0 bridgehead atoms. The standard InChI is InChI=1S/C15H17ClN2OS2/c16-10-1-2-11-12(7-10)21-14(13(11)17)15(19)18-8-9-3-5-20-6-4-9/h1-2,7,9H,3-6,8,17H2,(H,18,19). The number of anilines is 1. The lowest BCUT2D eigenvalue weighted by atomic mass is 10.0. The number of thioether (sulfide) groups is 1. The quantitative estimate of drug-likeness (QED) is 0.887. The molecule has 1 aromatic heterocycles. The smallest absolute Gasteiger partial charge is 0.263 e. The van der Waals surface area contributed by atoms with Gasteiger partial charge in [-0.2, -0.15) is 11.8 Å². The molecule has 1 amide bonds. The first-order valence-electron chi connectivity index (χ1n) is 6.98. The van der Waals surface area contributed by atoms with E-state index < -0.39 is 0 Å². The topological polar surface area (TPSA) is 55.1 Å². The first kappa shape index (κ1) is 15.0. The van der Waals surface area contributed by atoms with Crippen LogP contribution in [0.5, 0.6) is 0 Å². The highest BCUT2D eigenvalue weighted by Crippen LogP contribution is 2.35. The van der Waals surface area contributed by atoms with Crippen molar-refractivity contribution >= 4 is 56.4 Å². The van der Waals surface area contributed by atoms with Crippen LogP contribution in [0.2, 0.25) is 5.02 Å². The molecule has 1 aliphatic heterocycles. The van der Waals surface area contributed by atoms with Crippen molar-refractivity contribution in [2.45, 2.75) is 12.8 Å². The van der Waals surface area contributed by atoms with E-state index in [9.17, 15) is 4.79 Å². The third-order valence-electron chi connectivity index (χ3n) is 3.79. The van der Waals surface area contributed by atoms with Gasteiger partial charge < -0.3 is 11.1 Å². The van der Waals surface area contributed by atoms with Crippen LogP contribution < -0.4 is 11.1 Å². The molecule has 6 heteroatoms. The van der Waals surface area contributed by atoms with E-state index in [0.29, 0.717) is 21.5 Å². The summed E-state index contributed by atoms with van der Waals surface area (Å²) in [5, 5.41) is 4.60. The zero-order chi connectivity index (χ0) is 14.8.